The Labute approximate surface area is 230 Å². The monoisotopic (exact) mass is 515 g/mol. The van der Waals surface area contributed by atoms with Gasteiger partial charge in [-0.15, -0.1) is 0 Å². The van der Waals surface area contributed by atoms with Crippen molar-refractivity contribution in [3.05, 3.63) is 35.4 Å². The van der Waals surface area contributed by atoms with Crippen molar-refractivity contribution in [3.8, 4) is 0 Å². The Hall–Kier alpha value is -1.35. The number of hydrogen-bond donors (Lipinski definition) is 1. The highest BCUT2D eigenvalue weighted by Gasteiger charge is 2.25. The highest BCUT2D eigenvalue weighted by Crippen LogP contribution is 2.17. The Morgan fingerprint density at radius 3 is 1.32 bits per heavy atom. The number of nitrogens with zero attached hydrogens (tertiary/aromatic N) is 1. The number of aliphatic carboxylic acids is 1. The van der Waals surface area contributed by atoms with Crippen molar-refractivity contribution in [2.45, 2.75) is 162 Å². The van der Waals surface area contributed by atoms with E-state index in [0.29, 0.717) is 6.42 Å². The maximum atomic E-state index is 12.3. The maximum absolute atomic E-state index is 12.3. The molecule has 1 aromatic rings. The summed E-state index contributed by atoms with van der Waals surface area (Å²) in [6, 6.07) is 7.99. The van der Waals surface area contributed by atoms with E-state index in [9.17, 15) is 9.90 Å². The van der Waals surface area contributed by atoms with Gasteiger partial charge in [0.2, 0.25) is 0 Å². The van der Waals surface area contributed by atoms with Crippen molar-refractivity contribution in [1.29, 1.82) is 0 Å². The summed E-state index contributed by atoms with van der Waals surface area (Å²) in [6.07, 6.45) is 26.9. The number of hydrogen-bond acceptors (Lipinski definition) is 2. The summed E-state index contributed by atoms with van der Waals surface area (Å²) in [5.74, 6) is -0.667. The van der Waals surface area contributed by atoms with Gasteiger partial charge in [0.25, 0.3) is 0 Å². The van der Waals surface area contributed by atoms with Gasteiger partial charge < -0.3 is 5.11 Å². The zero-order valence-electron chi connectivity index (χ0n) is 25.0. The van der Waals surface area contributed by atoms with Crippen LogP contribution >= 0.6 is 0 Å². The van der Waals surface area contributed by atoms with E-state index >= 15 is 0 Å². The van der Waals surface area contributed by atoms with Crippen molar-refractivity contribution >= 4 is 5.97 Å². The second-order valence-electron chi connectivity index (χ2n) is 11.4. The van der Waals surface area contributed by atoms with E-state index < -0.39 is 12.0 Å². The molecule has 0 aromatic heterocycles. The second-order valence-corrected chi connectivity index (χ2v) is 11.4. The lowest BCUT2D eigenvalue weighted by atomic mass is 10.0. The van der Waals surface area contributed by atoms with Crippen LogP contribution in [0.25, 0.3) is 0 Å². The molecular formula is C34H61NO2. The van der Waals surface area contributed by atoms with Crippen LogP contribution < -0.4 is 0 Å². The zero-order valence-corrected chi connectivity index (χ0v) is 25.0. The summed E-state index contributed by atoms with van der Waals surface area (Å²) in [5, 5.41) is 10.1. The fourth-order valence-electron chi connectivity index (χ4n) is 5.35. The number of carboxylic acids is 1. The van der Waals surface area contributed by atoms with Crippen molar-refractivity contribution < 1.29 is 9.90 Å². The van der Waals surface area contributed by atoms with Gasteiger partial charge in [0.1, 0.15) is 6.04 Å². The summed E-state index contributed by atoms with van der Waals surface area (Å²) >= 11 is 0. The first-order valence-electron chi connectivity index (χ1n) is 16.1. The van der Waals surface area contributed by atoms with Gasteiger partial charge in [-0.05, 0) is 44.8 Å². The van der Waals surface area contributed by atoms with Crippen molar-refractivity contribution in [2.24, 2.45) is 0 Å². The van der Waals surface area contributed by atoms with Crippen LogP contribution in [-0.2, 0) is 11.2 Å². The highest BCUT2D eigenvalue weighted by molar-refractivity contribution is 5.74. The average Bonchev–Trinajstić information content (AvgIpc) is 2.89. The maximum Gasteiger partial charge on any atom is 0.321 e. The van der Waals surface area contributed by atoms with Crippen LogP contribution in [0.15, 0.2) is 24.3 Å². The Morgan fingerprint density at radius 1 is 0.622 bits per heavy atom. The average molecular weight is 516 g/mol. The summed E-state index contributed by atoms with van der Waals surface area (Å²) in [6.45, 7) is 8.46. The van der Waals surface area contributed by atoms with Crippen LogP contribution in [0.4, 0.5) is 0 Å². The molecule has 3 nitrogen and oxygen atoms in total. The van der Waals surface area contributed by atoms with Gasteiger partial charge in [0, 0.05) is 0 Å². The smallest absolute Gasteiger partial charge is 0.321 e. The van der Waals surface area contributed by atoms with Crippen LogP contribution in [-0.4, -0.2) is 35.1 Å². The molecular weight excluding hydrogens is 454 g/mol. The van der Waals surface area contributed by atoms with Gasteiger partial charge in [-0.1, -0.05) is 159 Å². The third kappa shape index (κ3) is 18.5. The quantitative estimate of drug-likeness (QED) is 0.125. The van der Waals surface area contributed by atoms with E-state index in [1.807, 2.05) is 0 Å². The first kappa shape index (κ1) is 33.7. The zero-order chi connectivity index (χ0) is 27.0. The van der Waals surface area contributed by atoms with Gasteiger partial charge in [0.05, 0.1) is 0 Å². The van der Waals surface area contributed by atoms with Gasteiger partial charge in [-0.3, -0.25) is 9.69 Å². The van der Waals surface area contributed by atoms with E-state index in [2.05, 4.69) is 49.9 Å². The summed E-state index contributed by atoms with van der Waals surface area (Å²) < 4.78 is 0. The Morgan fingerprint density at radius 2 is 0.973 bits per heavy atom. The van der Waals surface area contributed by atoms with Crippen LogP contribution in [0.3, 0.4) is 0 Å². The first-order valence-corrected chi connectivity index (χ1v) is 16.1. The number of carbonyl (C=O) groups is 1. The molecule has 0 spiro atoms. The van der Waals surface area contributed by atoms with Crippen LogP contribution in [0, 0.1) is 6.92 Å². The van der Waals surface area contributed by atoms with Gasteiger partial charge in [-0.25, -0.2) is 0 Å². The normalized spacial score (nSPS) is 12.3. The van der Waals surface area contributed by atoms with Gasteiger partial charge in [-0.2, -0.15) is 0 Å². The molecule has 1 atom stereocenters. The van der Waals surface area contributed by atoms with E-state index in [-0.39, 0.29) is 0 Å². The summed E-state index contributed by atoms with van der Waals surface area (Å²) in [7, 11) is 0. The fraction of sp³-hybridized carbons (Fsp3) is 0.794. The molecule has 0 aliphatic carbocycles. The molecule has 1 rings (SSSR count). The molecule has 0 amide bonds. The second kappa shape index (κ2) is 23.7. The SMILES string of the molecule is CCCCCCCCCCCCN(CCCCCCCCCCCC)C(Cc1ccc(C)cc1)C(=O)O. The molecule has 214 valence electrons. The first-order chi connectivity index (χ1) is 18.1. The third-order valence-corrected chi connectivity index (χ3v) is 7.87. The highest BCUT2D eigenvalue weighted by atomic mass is 16.4. The number of rotatable bonds is 26. The lowest BCUT2D eigenvalue weighted by molar-refractivity contribution is -0.143. The van der Waals surface area contributed by atoms with Crippen LogP contribution in [0.2, 0.25) is 0 Å². The molecule has 0 aliphatic rings. The van der Waals surface area contributed by atoms with Crippen molar-refractivity contribution in [2.75, 3.05) is 13.1 Å². The topological polar surface area (TPSA) is 40.5 Å². The standard InChI is InChI=1S/C34H61NO2/c1-4-6-8-10-12-14-16-18-20-22-28-35(29-23-21-19-17-15-13-11-9-7-5-2)33(34(36)37)30-32-26-24-31(3)25-27-32/h24-27,33H,4-23,28-30H2,1-3H3,(H,36,37). The van der Waals surface area contributed by atoms with Crippen LogP contribution in [0.1, 0.15) is 153 Å². The van der Waals surface area contributed by atoms with Crippen molar-refractivity contribution in [3.63, 3.8) is 0 Å². The number of unbranched alkanes of at least 4 members (excludes halogenated alkanes) is 18. The van der Waals surface area contributed by atoms with Gasteiger partial charge >= 0.3 is 5.97 Å². The third-order valence-electron chi connectivity index (χ3n) is 7.87. The lowest BCUT2D eigenvalue weighted by Crippen LogP contribution is -2.44. The molecule has 1 aromatic carbocycles. The molecule has 0 bridgehead atoms. The number of benzene rings is 1. The molecule has 3 heteroatoms. The minimum atomic E-state index is -0.667. The molecule has 37 heavy (non-hydrogen) atoms. The Kier molecular flexibility index (Phi) is 21.6. The molecule has 1 unspecified atom stereocenters. The Bertz CT molecular complexity index is 618. The van der Waals surface area contributed by atoms with Crippen molar-refractivity contribution in [1.82, 2.24) is 4.90 Å². The van der Waals surface area contributed by atoms with E-state index in [1.54, 1.807) is 0 Å². The summed E-state index contributed by atoms with van der Waals surface area (Å²) in [4.78, 5) is 14.6. The van der Waals surface area contributed by atoms with E-state index in [1.165, 1.54) is 121 Å². The molecule has 0 radical (unpaired) electrons. The number of carboxylic acid groups (broad SMARTS) is 1. The minimum absolute atomic E-state index is 0.417. The predicted molar refractivity (Wildman–Crippen MR) is 162 cm³/mol. The van der Waals surface area contributed by atoms with Gasteiger partial charge in [0.15, 0.2) is 0 Å². The Balaban J connectivity index is 2.44. The minimum Gasteiger partial charge on any atom is -0.480 e. The van der Waals surface area contributed by atoms with E-state index in [4.69, 9.17) is 0 Å². The van der Waals surface area contributed by atoms with Crippen LogP contribution in [0.5, 0.6) is 0 Å². The molecule has 0 saturated heterocycles. The molecule has 0 aliphatic heterocycles. The number of aryl methyl sites for hydroxylation is 1. The summed E-state index contributed by atoms with van der Waals surface area (Å²) in [5.41, 5.74) is 2.36. The lowest BCUT2D eigenvalue weighted by Gasteiger charge is -2.29. The van der Waals surface area contributed by atoms with E-state index in [0.717, 1.165) is 31.5 Å². The molecule has 0 fully saturated rings. The fourth-order valence-corrected chi connectivity index (χ4v) is 5.35. The molecule has 0 saturated carbocycles. The largest absolute Gasteiger partial charge is 0.480 e. The predicted octanol–water partition coefficient (Wildman–Crippen LogP) is 10.1. The molecule has 0 heterocycles. The molecule has 1 N–H and O–H groups in total.